The van der Waals surface area contributed by atoms with Gasteiger partial charge in [-0.3, -0.25) is 4.79 Å². The number of carboxylic acids is 1. The molecule has 1 atom stereocenters. The Labute approximate surface area is 134 Å². The van der Waals surface area contributed by atoms with Crippen LogP contribution in [0.25, 0.3) is 0 Å². The van der Waals surface area contributed by atoms with E-state index in [0.717, 1.165) is 25.7 Å². The highest BCUT2D eigenvalue weighted by Crippen LogP contribution is 2.26. The first-order chi connectivity index (χ1) is 10.2. The first kappa shape index (κ1) is 18.8. The molecule has 0 aromatic heterocycles. The summed E-state index contributed by atoms with van der Waals surface area (Å²) in [6, 6.07) is -0.00988. The number of carboxylic acid groups (broad SMARTS) is 1. The molecule has 1 rings (SSSR count). The SMILES string of the molecule is CC(CCNC(=O)NC1CCC(C(=O)O)CC1)CC(C)(C)C. The van der Waals surface area contributed by atoms with E-state index in [-0.39, 0.29) is 18.0 Å². The van der Waals surface area contributed by atoms with Crippen LogP contribution >= 0.6 is 0 Å². The Balaban J connectivity index is 2.15. The monoisotopic (exact) mass is 312 g/mol. The smallest absolute Gasteiger partial charge is 0.315 e. The first-order valence-corrected chi connectivity index (χ1v) is 8.44. The van der Waals surface area contributed by atoms with Gasteiger partial charge in [-0.2, -0.15) is 0 Å². The maximum atomic E-state index is 11.9. The van der Waals surface area contributed by atoms with Gasteiger partial charge in [0.25, 0.3) is 0 Å². The predicted octanol–water partition coefficient (Wildman–Crippen LogP) is 3.39. The van der Waals surface area contributed by atoms with Crippen LogP contribution in [0.1, 0.15) is 66.2 Å². The molecule has 0 aliphatic heterocycles. The zero-order chi connectivity index (χ0) is 16.8. The minimum absolute atomic E-state index is 0.114. The van der Waals surface area contributed by atoms with E-state index >= 15 is 0 Å². The fourth-order valence-electron chi connectivity index (χ4n) is 3.30. The number of carbonyl (C=O) groups excluding carboxylic acids is 1. The summed E-state index contributed by atoms with van der Waals surface area (Å²) in [6.45, 7) is 9.61. The number of hydrogen-bond donors (Lipinski definition) is 3. The predicted molar refractivity (Wildman–Crippen MR) is 87.8 cm³/mol. The van der Waals surface area contributed by atoms with Crippen molar-refractivity contribution in [2.75, 3.05) is 6.54 Å². The third-order valence-corrected chi connectivity index (χ3v) is 4.30. The molecule has 1 saturated carbocycles. The van der Waals surface area contributed by atoms with Crippen molar-refractivity contribution >= 4 is 12.0 Å². The summed E-state index contributed by atoms with van der Waals surface area (Å²) < 4.78 is 0. The maximum absolute atomic E-state index is 11.9. The van der Waals surface area contributed by atoms with Crippen molar-refractivity contribution in [2.24, 2.45) is 17.3 Å². The Morgan fingerprint density at radius 1 is 1.18 bits per heavy atom. The summed E-state index contributed by atoms with van der Waals surface area (Å²) in [7, 11) is 0. The van der Waals surface area contributed by atoms with E-state index in [1.807, 2.05) is 0 Å². The van der Waals surface area contributed by atoms with E-state index in [1.54, 1.807) is 0 Å². The van der Waals surface area contributed by atoms with Crippen molar-refractivity contribution < 1.29 is 14.7 Å². The zero-order valence-electron chi connectivity index (χ0n) is 14.4. The molecule has 0 saturated heterocycles. The molecular formula is C17H32N2O3. The summed E-state index contributed by atoms with van der Waals surface area (Å²) in [6.07, 6.45) is 4.95. The van der Waals surface area contributed by atoms with Crippen molar-refractivity contribution in [1.29, 1.82) is 0 Å². The molecule has 0 aromatic carbocycles. The lowest BCUT2D eigenvalue weighted by molar-refractivity contribution is -0.142. The van der Waals surface area contributed by atoms with Crippen LogP contribution in [0.2, 0.25) is 0 Å². The quantitative estimate of drug-likeness (QED) is 0.703. The molecule has 2 amide bonds. The first-order valence-electron chi connectivity index (χ1n) is 8.44. The van der Waals surface area contributed by atoms with Crippen molar-refractivity contribution in [2.45, 2.75) is 72.3 Å². The van der Waals surface area contributed by atoms with Crippen molar-refractivity contribution in [3.05, 3.63) is 0 Å². The molecule has 0 aromatic rings. The molecule has 0 radical (unpaired) electrons. The van der Waals surface area contributed by atoms with Gasteiger partial charge in [0.1, 0.15) is 0 Å². The van der Waals surface area contributed by atoms with Crippen LogP contribution in [0.3, 0.4) is 0 Å². The van der Waals surface area contributed by atoms with Crippen LogP contribution in [0, 0.1) is 17.3 Å². The van der Waals surface area contributed by atoms with E-state index in [9.17, 15) is 9.59 Å². The number of nitrogens with one attached hydrogen (secondary N) is 2. The molecule has 0 bridgehead atoms. The fraction of sp³-hybridized carbons (Fsp3) is 0.882. The summed E-state index contributed by atoms with van der Waals surface area (Å²) in [5.41, 5.74) is 0.324. The molecule has 0 spiro atoms. The van der Waals surface area contributed by atoms with Gasteiger partial charge in [-0.15, -0.1) is 0 Å². The largest absolute Gasteiger partial charge is 0.481 e. The normalized spacial score (nSPS) is 23.6. The molecule has 22 heavy (non-hydrogen) atoms. The Kier molecular flexibility index (Phi) is 7.17. The summed E-state index contributed by atoms with van der Waals surface area (Å²) in [5, 5.41) is 14.8. The Hall–Kier alpha value is -1.26. The zero-order valence-corrected chi connectivity index (χ0v) is 14.4. The molecule has 1 unspecified atom stereocenters. The van der Waals surface area contributed by atoms with Gasteiger partial charge in [0.15, 0.2) is 0 Å². The molecule has 1 aliphatic carbocycles. The minimum Gasteiger partial charge on any atom is -0.481 e. The molecule has 0 heterocycles. The molecule has 5 heteroatoms. The van der Waals surface area contributed by atoms with Crippen molar-refractivity contribution in [3.63, 3.8) is 0 Å². The number of aliphatic carboxylic acids is 1. The number of rotatable bonds is 6. The third-order valence-electron chi connectivity index (χ3n) is 4.30. The van der Waals surface area contributed by atoms with Crippen LogP contribution < -0.4 is 10.6 Å². The molecule has 3 N–H and O–H groups in total. The van der Waals surface area contributed by atoms with Gasteiger partial charge in [0, 0.05) is 12.6 Å². The van der Waals surface area contributed by atoms with Crippen LogP contribution in [-0.2, 0) is 4.79 Å². The highest BCUT2D eigenvalue weighted by molar-refractivity contribution is 5.74. The van der Waals surface area contributed by atoms with Crippen molar-refractivity contribution in [3.8, 4) is 0 Å². The van der Waals surface area contributed by atoms with E-state index in [4.69, 9.17) is 5.11 Å². The third kappa shape index (κ3) is 7.66. The van der Waals surface area contributed by atoms with Crippen LogP contribution in [0.5, 0.6) is 0 Å². The number of hydrogen-bond acceptors (Lipinski definition) is 2. The molecular weight excluding hydrogens is 280 g/mol. The maximum Gasteiger partial charge on any atom is 0.315 e. The van der Waals surface area contributed by atoms with Gasteiger partial charge >= 0.3 is 12.0 Å². The lowest BCUT2D eigenvalue weighted by Gasteiger charge is -2.27. The second kappa shape index (κ2) is 8.39. The number of carbonyl (C=O) groups is 2. The van der Waals surface area contributed by atoms with Crippen LogP contribution in [0.15, 0.2) is 0 Å². The van der Waals surface area contributed by atoms with Crippen LogP contribution in [-0.4, -0.2) is 29.7 Å². The van der Waals surface area contributed by atoms with Crippen molar-refractivity contribution in [1.82, 2.24) is 10.6 Å². The lowest BCUT2D eigenvalue weighted by atomic mass is 9.84. The number of urea groups is 1. The molecule has 5 nitrogen and oxygen atoms in total. The van der Waals surface area contributed by atoms with Gasteiger partial charge in [0.05, 0.1) is 5.92 Å². The van der Waals surface area contributed by atoms with Gasteiger partial charge in [-0.1, -0.05) is 27.7 Å². The summed E-state index contributed by atoms with van der Waals surface area (Å²) >= 11 is 0. The fourth-order valence-corrected chi connectivity index (χ4v) is 3.30. The number of amides is 2. The minimum atomic E-state index is -0.712. The average molecular weight is 312 g/mol. The van der Waals surface area contributed by atoms with Gasteiger partial charge in [-0.05, 0) is 49.9 Å². The van der Waals surface area contributed by atoms with E-state index in [1.165, 1.54) is 0 Å². The standard InChI is InChI=1S/C17H32N2O3/c1-12(11-17(2,3)4)9-10-18-16(22)19-14-7-5-13(6-8-14)15(20)21/h12-14H,5-11H2,1-4H3,(H,20,21)(H2,18,19,22). The van der Waals surface area contributed by atoms with E-state index < -0.39 is 5.97 Å². The van der Waals surface area contributed by atoms with Gasteiger partial charge < -0.3 is 15.7 Å². The van der Waals surface area contributed by atoms with Gasteiger partial charge in [0.2, 0.25) is 0 Å². The Morgan fingerprint density at radius 2 is 1.77 bits per heavy atom. The molecule has 1 aliphatic rings. The average Bonchev–Trinajstić information content (AvgIpc) is 2.37. The van der Waals surface area contributed by atoms with E-state index in [2.05, 4.69) is 38.3 Å². The summed E-state index contributed by atoms with van der Waals surface area (Å²) in [4.78, 5) is 22.7. The summed E-state index contributed by atoms with van der Waals surface area (Å²) in [5.74, 6) is -0.360. The van der Waals surface area contributed by atoms with E-state index in [0.29, 0.717) is 30.7 Å². The second-order valence-corrected chi connectivity index (χ2v) is 7.95. The van der Waals surface area contributed by atoms with Gasteiger partial charge in [-0.25, -0.2) is 4.79 Å². The highest BCUT2D eigenvalue weighted by Gasteiger charge is 2.26. The Bertz CT molecular complexity index is 369. The molecule has 128 valence electrons. The van der Waals surface area contributed by atoms with Crippen LogP contribution in [0.4, 0.5) is 4.79 Å². The Morgan fingerprint density at radius 3 is 2.27 bits per heavy atom. The lowest BCUT2D eigenvalue weighted by Crippen LogP contribution is -2.44. The topological polar surface area (TPSA) is 78.4 Å². The highest BCUT2D eigenvalue weighted by atomic mass is 16.4. The second-order valence-electron chi connectivity index (χ2n) is 7.95. The molecule has 1 fully saturated rings.